The lowest BCUT2D eigenvalue weighted by molar-refractivity contribution is -0.163. The molecule has 1 rings (SSSR count). The van der Waals surface area contributed by atoms with Crippen LogP contribution in [-0.2, 0) is 9.59 Å². The molecule has 4 nitrogen and oxygen atoms in total. The summed E-state index contributed by atoms with van der Waals surface area (Å²) in [5, 5.41) is 8.72. The molecule has 1 saturated heterocycles. The van der Waals surface area contributed by atoms with Crippen LogP contribution in [0.1, 0.15) is 17.9 Å². The highest BCUT2D eigenvalue weighted by Gasteiger charge is 2.46. The number of carbonyl (C=O) groups is 2. The molecule has 0 radical (unpaired) electrons. The van der Waals surface area contributed by atoms with Gasteiger partial charge >= 0.3 is 5.97 Å². The average molecular weight is 160 g/mol. The van der Waals surface area contributed by atoms with Gasteiger partial charge in [-0.1, -0.05) is 0 Å². The predicted octanol–water partition coefficient (Wildman–Crippen LogP) is -0.0606. The van der Waals surface area contributed by atoms with Gasteiger partial charge in [-0.25, -0.2) is 0 Å². The van der Waals surface area contributed by atoms with E-state index in [1.54, 1.807) is 0 Å². The second kappa shape index (κ2) is 2.22. The lowest BCUT2D eigenvalue weighted by Crippen LogP contribution is -2.60. The topological polar surface area (TPSA) is 57.6 Å². The van der Waals surface area contributed by atoms with Crippen molar-refractivity contribution >= 4 is 11.9 Å². The molecule has 0 saturated carbocycles. The summed E-state index contributed by atoms with van der Waals surface area (Å²) in [6, 6.07) is 0. The highest BCUT2D eigenvalue weighted by atomic mass is 16.4. The Morgan fingerprint density at radius 1 is 1.64 bits per heavy atom. The molecule has 0 aliphatic carbocycles. The van der Waals surface area contributed by atoms with E-state index in [0.717, 1.165) is 4.90 Å². The van der Waals surface area contributed by atoms with E-state index in [1.807, 2.05) is 0 Å². The molecular formula is C7H11NO3. The molecule has 1 aliphatic rings. The summed E-state index contributed by atoms with van der Waals surface area (Å²) in [5.74, 6) is -1.98. The number of hydrogen-bond acceptors (Lipinski definition) is 2. The first-order chi connectivity index (χ1) is 6.17. The zero-order chi connectivity index (χ0) is 11.1. The Bertz CT molecular complexity index is 280. The molecule has 1 amide bonds. The van der Waals surface area contributed by atoms with Crippen LogP contribution in [0.5, 0.6) is 0 Å². The van der Waals surface area contributed by atoms with Gasteiger partial charge in [-0.2, -0.15) is 0 Å². The lowest BCUT2D eigenvalue weighted by atomic mass is 9.82. The molecule has 11 heavy (non-hydrogen) atoms. The van der Waals surface area contributed by atoms with Crippen LogP contribution in [0.25, 0.3) is 0 Å². The molecule has 0 unspecified atom stereocenters. The Balaban J connectivity index is 2.58. The minimum Gasteiger partial charge on any atom is -0.481 e. The molecule has 62 valence electrons. The number of hydrogen-bond donors (Lipinski definition) is 1. The van der Waals surface area contributed by atoms with Gasteiger partial charge in [0.1, 0.15) is 0 Å². The summed E-state index contributed by atoms with van der Waals surface area (Å²) in [4.78, 5) is 22.8. The lowest BCUT2D eigenvalue weighted by Gasteiger charge is -2.44. The molecule has 0 spiro atoms. The van der Waals surface area contributed by atoms with Gasteiger partial charge in [0.15, 0.2) is 0 Å². The van der Waals surface area contributed by atoms with Crippen molar-refractivity contribution in [1.82, 2.24) is 4.90 Å². The van der Waals surface area contributed by atoms with Gasteiger partial charge in [0.2, 0.25) is 5.91 Å². The Morgan fingerprint density at radius 2 is 2.18 bits per heavy atom. The number of amides is 1. The predicted molar refractivity (Wildman–Crippen MR) is 38.0 cm³/mol. The minimum absolute atomic E-state index is 0.0282. The monoisotopic (exact) mass is 160 g/mol. The summed E-state index contributed by atoms with van der Waals surface area (Å²) in [5.41, 5.74) is -0.985. The van der Waals surface area contributed by atoms with Crippen molar-refractivity contribution in [2.75, 3.05) is 13.1 Å². The molecule has 0 aromatic rings. The van der Waals surface area contributed by atoms with Gasteiger partial charge < -0.3 is 10.0 Å². The second-order valence-corrected chi connectivity index (χ2v) is 3.03. The minimum atomic E-state index is -2.67. The number of rotatable bonds is 1. The van der Waals surface area contributed by atoms with E-state index in [9.17, 15) is 9.59 Å². The second-order valence-electron chi connectivity index (χ2n) is 3.03. The van der Waals surface area contributed by atoms with Crippen LogP contribution in [0, 0.1) is 5.41 Å². The van der Waals surface area contributed by atoms with Crippen LogP contribution in [0.4, 0.5) is 0 Å². The Morgan fingerprint density at radius 3 is 2.55 bits per heavy atom. The van der Waals surface area contributed by atoms with E-state index in [2.05, 4.69) is 0 Å². The fourth-order valence-electron chi connectivity index (χ4n) is 1.08. The van der Waals surface area contributed by atoms with Crippen LogP contribution < -0.4 is 0 Å². The van der Waals surface area contributed by atoms with Crippen LogP contribution >= 0.6 is 0 Å². The van der Waals surface area contributed by atoms with Gasteiger partial charge in [-0.05, 0) is 6.92 Å². The highest BCUT2D eigenvalue weighted by molar-refractivity contribution is 5.81. The van der Waals surface area contributed by atoms with Crippen molar-refractivity contribution in [3.63, 3.8) is 0 Å². The first kappa shape index (κ1) is 4.74. The largest absolute Gasteiger partial charge is 0.481 e. The Hall–Kier alpha value is -1.06. The summed E-state index contributed by atoms with van der Waals surface area (Å²) in [7, 11) is 0. The van der Waals surface area contributed by atoms with Gasteiger partial charge in [-0.15, -0.1) is 0 Å². The molecule has 0 aromatic carbocycles. The number of carboxylic acids is 1. The first-order valence-corrected chi connectivity index (χ1v) is 3.20. The third-order valence-electron chi connectivity index (χ3n) is 1.88. The first-order valence-electron chi connectivity index (χ1n) is 4.70. The van der Waals surface area contributed by atoms with Crippen LogP contribution in [0.3, 0.4) is 0 Å². The van der Waals surface area contributed by atoms with Crippen molar-refractivity contribution in [2.45, 2.75) is 13.8 Å². The summed E-state index contributed by atoms with van der Waals surface area (Å²) >= 11 is 0. The van der Waals surface area contributed by atoms with Crippen molar-refractivity contribution in [3.8, 4) is 0 Å². The fraction of sp³-hybridized carbons (Fsp3) is 0.714. The van der Waals surface area contributed by atoms with Crippen molar-refractivity contribution in [3.05, 3.63) is 0 Å². The van der Waals surface area contributed by atoms with Crippen molar-refractivity contribution in [1.29, 1.82) is 0 Å². The maximum absolute atomic E-state index is 11.1. The van der Waals surface area contributed by atoms with E-state index < -0.39 is 24.1 Å². The molecule has 0 aromatic heterocycles. The zero-order valence-electron chi connectivity index (χ0n) is 9.13. The third kappa shape index (κ3) is 1.20. The van der Waals surface area contributed by atoms with E-state index in [4.69, 9.17) is 9.22 Å². The van der Waals surface area contributed by atoms with E-state index in [1.165, 1.54) is 6.92 Å². The standard InChI is InChI=1S/C7H11NO3/c1-5(9)8-3-7(2,4-8)6(10)11/h3-4H2,1-2H3,(H,10,11)/i1D3. The SMILES string of the molecule is [2H]C([2H])([2H])C(=O)N1CC(C)(C(=O)O)C1. The summed E-state index contributed by atoms with van der Waals surface area (Å²) in [6.07, 6.45) is 0. The van der Waals surface area contributed by atoms with Crippen LogP contribution in [-0.4, -0.2) is 35.0 Å². The normalized spacial score (nSPS) is 25.9. The van der Waals surface area contributed by atoms with Crippen molar-refractivity contribution in [2.24, 2.45) is 5.41 Å². The maximum atomic E-state index is 11.1. The van der Waals surface area contributed by atoms with Gasteiger partial charge in [0.05, 0.1) is 5.41 Å². The van der Waals surface area contributed by atoms with Crippen LogP contribution in [0.15, 0.2) is 0 Å². The molecule has 1 heterocycles. The fourth-order valence-corrected chi connectivity index (χ4v) is 1.08. The number of carboxylic acid groups (broad SMARTS) is 1. The molecule has 1 fully saturated rings. The van der Waals surface area contributed by atoms with E-state index in [-0.39, 0.29) is 13.1 Å². The zero-order valence-corrected chi connectivity index (χ0v) is 6.13. The van der Waals surface area contributed by atoms with Gasteiger partial charge in [0.25, 0.3) is 0 Å². The number of likely N-dealkylation sites (tertiary alicyclic amines) is 1. The average Bonchev–Trinajstić information content (AvgIpc) is 1.95. The smallest absolute Gasteiger partial charge is 0.312 e. The summed E-state index contributed by atoms with van der Waals surface area (Å²) in [6.45, 7) is -1.24. The molecule has 1 aliphatic heterocycles. The molecule has 0 bridgehead atoms. The summed E-state index contributed by atoms with van der Waals surface area (Å²) < 4.78 is 20.5. The third-order valence-corrected chi connectivity index (χ3v) is 1.88. The van der Waals surface area contributed by atoms with E-state index >= 15 is 0 Å². The molecule has 0 atom stereocenters. The van der Waals surface area contributed by atoms with Crippen LogP contribution in [0.2, 0.25) is 0 Å². The number of nitrogens with zero attached hydrogens (tertiary/aromatic N) is 1. The van der Waals surface area contributed by atoms with E-state index in [0.29, 0.717) is 0 Å². The van der Waals surface area contributed by atoms with Gasteiger partial charge in [0, 0.05) is 24.1 Å². The maximum Gasteiger partial charge on any atom is 0.312 e. The number of carbonyl (C=O) groups excluding carboxylic acids is 1. The molecular weight excluding hydrogens is 146 g/mol. The Labute approximate surface area is 69.0 Å². The van der Waals surface area contributed by atoms with Gasteiger partial charge in [-0.3, -0.25) is 9.59 Å². The quantitative estimate of drug-likeness (QED) is 0.584. The molecule has 4 heteroatoms. The Kier molecular flexibility index (Phi) is 0.957. The molecule has 1 N–H and O–H groups in total. The van der Waals surface area contributed by atoms with Crippen molar-refractivity contribution < 1.29 is 18.8 Å². The number of aliphatic carboxylic acids is 1. The highest BCUT2D eigenvalue weighted by Crippen LogP contribution is 2.29.